The highest BCUT2D eigenvalue weighted by atomic mass is 32.2. The standard InChI is InChI=1S/C21H43S.H3N/c1-3-5-6-7-8-9-10-11-12-13-14-15-16-17-18-19-21-22-20-4-2;/h2-21H2,1H3;1H3. The molecule has 0 aromatic rings. The summed E-state index contributed by atoms with van der Waals surface area (Å²) in [4.78, 5) is 0. The van der Waals surface area contributed by atoms with Crippen molar-refractivity contribution in [1.29, 1.82) is 0 Å². The van der Waals surface area contributed by atoms with Gasteiger partial charge in [-0.15, -0.1) is 0 Å². The molecule has 0 unspecified atom stereocenters. The maximum atomic E-state index is 3.88. The third kappa shape index (κ3) is 24.7. The molecule has 2 heteroatoms. The minimum Gasteiger partial charge on any atom is -0.344 e. The molecule has 23 heavy (non-hydrogen) atoms. The van der Waals surface area contributed by atoms with Gasteiger partial charge in [0.2, 0.25) is 0 Å². The van der Waals surface area contributed by atoms with Crippen LogP contribution in [0.4, 0.5) is 0 Å². The van der Waals surface area contributed by atoms with Gasteiger partial charge in [-0.25, -0.2) is 0 Å². The Morgan fingerprint density at radius 3 is 1.22 bits per heavy atom. The van der Waals surface area contributed by atoms with Gasteiger partial charge in [0.05, 0.1) is 0 Å². The molecule has 0 saturated carbocycles. The minimum absolute atomic E-state index is 0. The van der Waals surface area contributed by atoms with Gasteiger partial charge in [-0.3, -0.25) is 0 Å². The molecule has 0 aromatic carbocycles. The smallest absolute Gasteiger partial charge is 0.00675 e. The van der Waals surface area contributed by atoms with E-state index in [2.05, 4.69) is 25.6 Å². The molecule has 0 spiro atoms. The van der Waals surface area contributed by atoms with E-state index >= 15 is 0 Å². The summed E-state index contributed by atoms with van der Waals surface area (Å²) in [7, 11) is 0. The van der Waals surface area contributed by atoms with Gasteiger partial charge in [0, 0.05) is 0 Å². The number of rotatable bonds is 19. The van der Waals surface area contributed by atoms with Crippen LogP contribution in [-0.2, 0) is 0 Å². The first kappa shape index (κ1) is 25.5. The van der Waals surface area contributed by atoms with Crippen LogP contribution in [0, 0.1) is 6.92 Å². The normalized spacial score (nSPS) is 10.7. The third-order valence-electron chi connectivity index (χ3n) is 4.43. The van der Waals surface area contributed by atoms with Crippen LogP contribution in [0.2, 0.25) is 0 Å². The summed E-state index contributed by atoms with van der Waals surface area (Å²) in [5.74, 6) is 2.60. The van der Waals surface area contributed by atoms with Gasteiger partial charge in [-0.05, 0) is 24.3 Å². The number of hydrogen-bond donors (Lipinski definition) is 1. The van der Waals surface area contributed by atoms with E-state index in [0.29, 0.717) is 0 Å². The molecule has 1 nitrogen and oxygen atoms in total. The summed E-state index contributed by atoms with van der Waals surface area (Å²) in [6.45, 7) is 6.18. The lowest BCUT2D eigenvalue weighted by atomic mass is 10.0. The zero-order chi connectivity index (χ0) is 16.1. The lowest BCUT2D eigenvalue weighted by Gasteiger charge is -2.03. The Kier molecular flexibility index (Phi) is 27.3. The van der Waals surface area contributed by atoms with Crippen LogP contribution in [-0.4, -0.2) is 11.5 Å². The summed E-state index contributed by atoms with van der Waals surface area (Å²) in [5.41, 5.74) is 0. The zero-order valence-corrected chi connectivity index (χ0v) is 17.1. The summed E-state index contributed by atoms with van der Waals surface area (Å²) in [6.07, 6.45) is 24.5. The molecule has 0 aliphatic heterocycles. The fourth-order valence-electron chi connectivity index (χ4n) is 2.96. The quantitative estimate of drug-likeness (QED) is 0.239. The first-order valence-corrected chi connectivity index (χ1v) is 11.4. The highest BCUT2D eigenvalue weighted by Crippen LogP contribution is 2.14. The van der Waals surface area contributed by atoms with Gasteiger partial charge < -0.3 is 6.15 Å². The molecule has 0 aromatic heterocycles. The Hall–Kier alpha value is 0.310. The second-order valence-electron chi connectivity index (χ2n) is 6.77. The summed E-state index contributed by atoms with van der Waals surface area (Å²) >= 11 is 2.08. The van der Waals surface area contributed by atoms with Crippen molar-refractivity contribution in [3.8, 4) is 0 Å². The zero-order valence-electron chi connectivity index (χ0n) is 16.3. The summed E-state index contributed by atoms with van der Waals surface area (Å²) in [5, 5.41) is 0. The van der Waals surface area contributed by atoms with Gasteiger partial charge in [0.1, 0.15) is 0 Å². The number of thioether (sulfide) groups is 1. The Balaban J connectivity index is 0. The predicted octanol–water partition coefficient (Wildman–Crippen LogP) is 8.37. The Morgan fingerprint density at radius 1 is 0.522 bits per heavy atom. The second-order valence-corrected chi connectivity index (χ2v) is 7.99. The molecule has 0 aliphatic rings. The van der Waals surface area contributed by atoms with Crippen LogP contribution in [0.3, 0.4) is 0 Å². The van der Waals surface area contributed by atoms with Crippen LogP contribution in [0.5, 0.6) is 0 Å². The molecule has 3 N–H and O–H groups in total. The molecular formula is C21H46NS. The number of unbranched alkanes of at least 4 members (excludes halogenated alkanes) is 15. The Bertz CT molecular complexity index is 165. The van der Waals surface area contributed by atoms with Crippen LogP contribution in [0.25, 0.3) is 0 Å². The second kappa shape index (κ2) is 24.6. The van der Waals surface area contributed by atoms with Crippen molar-refractivity contribution in [2.45, 2.75) is 116 Å². The molecule has 0 amide bonds. The topological polar surface area (TPSA) is 35.0 Å². The lowest BCUT2D eigenvalue weighted by molar-refractivity contribution is 0.531. The van der Waals surface area contributed by atoms with Gasteiger partial charge >= 0.3 is 0 Å². The first-order valence-electron chi connectivity index (χ1n) is 10.3. The van der Waals surface area contributed by atoms with E-state index in [1.54, 1.807) is 0 Å². The van der Waals surface area contributed by atoms with Crippen molar-refractivity contribution in [1.82, 2.24) is 6.15 Å². The van der Waals surface area contributed by atoms with Gasteiger partial charge in [0.15, 0.2) is 0 Å². The maximum absolute atomic E-state index is 3.88. The highest BCUT2D eigenvalue weighted by Gasteiger charge is 1.94. The van der Waals surface area contributed by atoms with Crippen molar-refractivity contribution in [2.75, 3.05) is 11.5 Å². The average Bonchev–Trinajstić information content (AvgIpc) is 2.54. The molecule has 141 valence electrons. The molecule has 0 aliphatic carbocycles. The van der Waals surface area contributed by atoms with E-state index in [4.69, 9.17) is 0 Å². The lowest BCUT2D eigenvalue weighted by Crippen LogP contribution is -1.85. The van der Waals surface area contributed by atoms with Crippen molar-refractivity contribution in [2.24, 2.45) is 0 Å². The highest BCUT2D eigenvalue weighted by molar-refractivity contribution is 7.99. The molecule has 0 saturated heterocycles. The van der Waals surface area contributed by atoms with E-state index < -0.39 is 0 Å². The summed E-state index contributed by atoms with van der Waals surface area (Å²) in [6, 6.07) is 0. The molecule has 0 rings (SSSR count). The molecule has 0 bridgehead atoms. The van der Waals surface area contributed by atoms with Crippen molar-refractivity contribution in [3.05, 3.63) is 6.92 Å². The fourth-order valence-corrected chi connectivity index (χ4v) is 3.77. The van der Waals surface area contributed by atoms with Gasteiger partial charge in [-0.2, -0.15) is 11.8 Å². The first-order chi connectivity index (χ1) is 10.9. The third-order valence-corrected chi connectivity index (χ3v) is 5.59. The number of hydrogen-bond acceptors (Lipinski definition) is 2. The van der Waals surface area contributed by atoms with Crippen LogP contribution in [0.1, 0.15) is 116 Å². The SMILES string of the molecule is N.[CH2]CCSCCCCCCCCCCCCCCCCCC. The largest absolute Gasteiger partial charge is 0.344 e. The van der Waals surface area contributed by atoms with Gasteiger partial charge in [0.25, 0.3) is 0 Å². The molecular weight excluding hydrogens is 298 g/mol. The van der Waals surface area contributed by atoms with E-state index in [0.717, 1.165) is 6.42 Å². The van der Waals surface area contributed by atoms with Crippen molar-refractivity contribution in [3.63, 3.8) is 0 Å². The molecule has 1 radical (unpaired) electrons. The predicted molar refractivity (Wildman–Crippen MR) is 112 cm³/mol. The fraction of sp³-hybridized carbons (Fsp3) is 0.952. The van der Waals surface area contributed by atoms with Crippen molar-refractivity contribution < 1.29 is 0 Å². The Labute approximate surface area is 152 Å². The Morgan fingerprint density at radius 2 is 0.870 bits per heavy atom. The van der Waals surface area contributed by atoms with E-state index in [-0.39, 0.29) is 6.15 Å². The molecule has 0 heterocycles. The molecule has 0 atom stereocenters. The van der Waals surface area contributed by atoms with Crippen LogP contribution in [0.15, 0.2) is 0 Å². The average molecular weight is 345 g/mol. The van der Waals surface area contributed by atoms with E-state index in [1.165, 1.54) is 114 Å². The minimum atomic E-state index is 0. The van der Waals surface area contributed by atoms with E-state index in [9.17, 15) is 0 Å². The van der Waals surface area contributed by atoms with E-state index in [1.807, 2.05) is 0 Å². The monoisotopic (exact) mass is 344 g/mol. The van der Waals surface area contributed by atoms with Crippen molar-refractivity contribution >= 4 is 11.8 Å². The maximum Gasteiger partial charge on any atom is -0.00675 e. The van der Waals surface area contributed by atoms with Crippen LogP contribution < -0.4 is 6.15 Å². The van der Waals surface area contributed by atoms with Crippen LogP contribution >= 0.6 is 11.8 Å². The van der Waals surface area contributed by atoms with Gasteiger partial charge in [-0.1, -0.05) is 110 Å². The molecule has 0 fully saturated rings. The summed E-state index contributed by atoms with van der Waals surface area (Å²) < 4.78 is 0.